The van der Waals surface area contributed by atoms with Crippen LogP contribution in [0.5, 0.6) is 5.75 Å². The fraction of sp³-hybridized carbons (Fsp3) is 0.462. The van der Waals surface area contributed by atoms with Crippen molar-refractivity contribution in [1.29, 1.82) is 0 Å². The summed E-state index contributed by atoms with van der Waals surface area (Å²) in [6.45, 7) is 5.48. The molecule has 0 N–H and O–H groups in total. The highest BCUT2D eigenvalue weighted by atomic mass is 79.9. The molecule has 0 bridgehead atoms. The van der Waals surface area contributed by atoms with E-state index in [1.807, 2.05) is 0 Å². The molecule has 0 heterocycles. The van der Waals surface area contributed by atoms with Crippen LogP contribution in [0.2, 0.25) is 0 Å². The third-order valence-electron chi connectivity index (χ3n) is 2.17. The topological polar surface area (TPSA) is 78.7 Å². The normalized spacial score (nSPS) is 11.1. The maximum absolute atomic E-state index is 11.5. The van der Waals surface area contributed by atoms with Gasteiger partial charge in [0.2, 0.25) is 0 Å². The van der Waals surface area contributed by atoms with E-state index in [0.29, 0.717) is 14.7 Å². The molecule has 8 heteroatoms. The van der Waals surface area contributed by atoms with Crippen LogP contribution in [-0.4, -0.2) is 23.1 Å². The van der Waals surface area contributed by atoms with Crippen LogP contribution in [0, 0.1) is 10.1 Å². The Hall–Kier alpha value is -1.15. The van der Waals surface area contributed by atoms with Gasteiger partial charge in [0, 0.05) is 12.1 Å². The Bertz CT molecular complexity index is 531. The zero-order valence-electron chi connectivity index (χ0n) is 11.8. The second kappa shape index (κ2) is 7.22. The molecule has 0 fully saturated rings. The van der Waals surface area contributed by atoms with Crippen LogP contribution in [0.25, 0.3) is 0 Å². The minimum Gasteiger partial charge on any atom is -0.491 e. The van der Waals surface area contributed by atoms with E-state index in [1.54, 1.807) is 20.8 Å². The largest absolute Gasteiger partial charge is 0.491 e. The molecule has 0 atom stereocenters. The van der Waals surface area contributed by atoms with E-state index in [4.69, 9.17) is 9.47 Å². The van der Waals surface area contributed by atoms with Crippen molar-refractivity contribution < 1.29 is 19.2 Å². The molecule has 0 aliphatic rings. The van der Waals surface area contributed by atoms with Crippen LogP contribution in [0.15, 0.2) is 21.1 Å². The molecule has 0 aliphatic heterocycles. The number of nitro groups is 1. The van der Waals surface area contributed by atoms with E-state index in [9.17, 15) is 14.9 Å². The number of carbonyl (C=O) groups is 1. The SMILES string of the molecule is CC(C)(C)OC(=O)CCOc1c(Br)cc([N+](=O)[O-])cc1Br. The summed E-state index contributed by atoms with van der Waals surface area (Å²) in [4.78, 5) is 21.8. The van der Waals surface area contributed by atoms with Crippen LogP contribution >= 0.6 is 31.9 Å². The summed E-state index contributed by atoms with van der Waals surface area (Å²) >= 11 is 6.41. The summed E-state index contributed by atoms with van der Waals surface area (Å²) in [6, 6.07) is 2.68. The Balaban J connectivity index is 2.64. The molecule has 1 aromatic rings. The first-order valence-corrected chi connectivity index (χ1v) is 7.67. The van der Waals surface area contributed by atoms with E-state index in [0.717, 1.165) is 0 Å². The highest BCUT2D eigenvalue weighted by Gasteiger charge is 2.18. The molecular weight excluding hydrogens is 410 g/mol. The van der Waals surface area contributed by atoms with Crippen molar-refractivity contribution in [2.75, 3.05) is 6.61 Å². The van der Waals surface area contributed by atoms with Gasteiger partial charge in [0.15, 0.2) is 0 Å². The zero-order chi connectivity index (χ0) is 16.2. The highest BCUT2D eigenvalue weighted by Crippen LogP contribution is 2.37. The summed E-state index contributed by atoms with van der Waals surface area (Å²) in [5, 5.41) is 10.7. The number of ether oxygens (including phenoxy) is 2. The quantitative estimate of drug-likeness (QED) is 0.401. The van der Waals surface area contributed by atoms with Gasteiger partial charge in [-0.15, -0.1) is 0 Å². The van der Waals surface area contributed by atoms with Gasteiger partial charge in [-0.25, -0.2) is 0 Å². The van der Waals surface area contributed by atoms with Crippen LogP contribution in [-0.2, 0) is 9.53 Å². The van der Waals surface area contributed by atoms with Crippen molar-refractivity contribution in [2.45, 2.75) is 32.8 Å². The second-order valence-corrected chi connectivity index (χ2v) is 6.89. The minimum absolute atomic E-state index is 0.0618. The molecule has 0 amide bonds. The average molecular weight is 425 g/mol. The molecule has 0 aliphatic carbocycles. The van der Waals surface area contributed by atoms with Crippen LogP contribution < -0.4 is 4.74 Å². The lowest BCUT2D eigenvalue weighted by Crippen LogP contribution is -2.24. The number of hydrogen-bond donors (Lipinski definition) is 0. The van der Waals surface area contributed by atoms with Crippen molar-refractivity contribution in [3.05, 3.63) is 31.2 Å². The lowest BCUT2D eigenvalue weighted by atomic mass is 10.2. The first-order chi connectivity index (χ1) is 9.60. The number of esters is 1. The molecule has 0 spiro atoms. The Morgan fingerprint density at radius 2 is 1.81 bits per heavy atom. The van der Waals surface area contributed by atoms with Crippen molar-refractivity contribution >= 4 is 43.5 Å². The van der Waals surface area contributed by atoms with Crippen LogP contribution in [0.4, 0.5) is 5.69 Å². The molecule has 21 heavy (non-hydrogen) atoms. The maximum atomic E-state index is 11.5. The van der Waals surface area contributed by atoms with Gasteiger partial charge in [-0.1, -0.05) is 0 Å². The summed E-state index contributed by atoms with van der Waals surface area (Å²) in [6.07, 6.45) is 0.0904. The van der Waals surface area contributed by atoms with Crippen LogP contribution in [0.1, 0.15) is 27.2 Å². The summed E-state index contributed by atoms with van der Waals surface area (Å²) in [7, 11) is 0. The third kappa shape index (κ3) is 6.01. The monoisotopic (exact) mass is 423 g/mol. The minimum atomic E-state index is -0.536. The van der Waals surface area contributed by atoms with Gasteiger partial charge in [-0.2, -0.15) is 0 Å². The van der Waals surface area contributed by atoms with Crippen molar-refractivity contribution in [2.24, 2.45) is 0 Å². The lowest BCUT2D eigenvalue weighted by Gasteiger charge is -2.19. The molecule has 0 saturated heterocycles. The Morgan fingerprint density at radius 1 is 1.29 bits per heavy atom. The number of hydrogen-bond acceptors (Lipinski definition) is 5. The van der Waals surface area contributed by atoms with E-state index >= 15 is 0 Å². The molecule has 1 rings (SSSR count). The maximum Gasteiger partial charge on any atom is 0.309 e. The van der Waals surface area contributed by atoms with Crippen molar-refractivity contribution in [3.8, 4) is 5.75 Å². The second-order valence-electron chi connectivity index (χ2n) is 5.18. The number of rotatable bonds is 5. The number of nitro benzene ring substituents is 1. The fourth-order valence-corrected chi connectivity index (χ4v) is 2.81. The first kappa shape index (κ1) is 17.9. The van der Waals surface area contributed by atoms with E-state index in [-0.39, 0.29) is 24.7 Å². The van der Waals surface area contributed by atoms with Gasteiger partial charge >= 0.3 is 5.97 Å². The van der Waals surface area contributed by atoms with Crippen LogP contribution in [0.3, 0.4) is 0 Å². The number of carbonyl (C=O) groups excluding carboxylic acids is 1. The zero-order valence-corrected chi connectivity index (χ0v) is 15.0. The smallest absolute Gasteiger partial charge is 0.309 e. The predicted octanol–water partition coefficient (Wildman–Crippen LogP) is 4.23. The molecule has 0 saturated carbocycles. The van der Waals surface area contributed by atoms with Gasteiger partial charge in [-0.05, 0) is 52.6 Å². The van der Waals surface area contributed by atoms with E-state index < -0.39 is 10.5 Å². The van der Waals surface area contributed by atoms with Gasteiger partial charge in [0.1, 0.15) is 11.4 Å². The Morgan fingerprint density at radius 3 is 2.24 bits per heavy atom. The van der Waals surface area contributed by atoms with Gasteiger partial charge in [0.25, 0.3) is 5.69 Å². The molecule has 1 aromatic carbocycles. The molecule has 116 valence electrons. The molecule has 0 unspecified atom stereocenters. The van der Waals surface area contributed by atoms with E-state index in [1.165, 1.54) is 12.1 Å². The Kier molecular flexibility index (Phi) is 6.15. The highest BCUT2D eigenvalue weighted by molar-refractivity contribution is 9.11. The number of nitrogens with zero attached hydrogens (tertiary/aromatic N) is 1. The van der Waals surface area contributed by atoms with Crippen molar-refractivity contribution in [3.63, 3.8) is 0 Å². The predicted molar refractivity (Wildman–Crippen MR) is 84.5 cm³/mol. The van der Waals surface area contributed by atoms with Gasteiger partial charge in [-0.3, -0.25) is 14.9 Å². The average Bonchev–Trinajstić information content (AvgIpc) is 2.29. The lowest BCUT2D eigenvalue weighted by molar-refractivity contribution is -0.385. The standard InChI is InChI=1S/C13H15Br2NO5/c1-13(2,3)21-11(17)4-5-20-12-9(14)6-8(16(18)19)7-10(12)15/h6-7H,4-5H2,1-3H3. The Labute approximate surface area is 139 Å². The first-order valence-electron chi connectivity index (χ1n) is 6.08. The fourth-order valence-electron chi connectivity index (χ4n) is 1.42. The van der Waals surface area contributed by atoms with Crippen molar-refractivity contribution in [1.82, 2.24) is 0 Å². The van der Waals surface area contributed by atoms with E-state index in [2.05, 4.69) is 31.9 Å². The van der Waals surface area contributed by atoms with Gasteiger partial charge < -0.3 is 9.47 Å². The summed E-state index contributed by atoms with van der Waals surface area (Å²) < 4.78 is 11.5. The molecule has 0 aromatic heterocycles. The number of halogens is 2. The summed E-state index contributed by atoms with van der Waals surface area (Å²) in [5.41, 5.74) is -0.598. The third-order valence-corrected chi connectivity index (χ3v) is 3.34. The molecule has 0 radical (unpaired) electrons. The molecule has 6 nitrogen and oxygen atoms in total. The number of non-ortho nitro benzene ring substituents is 1. The molecular formula is C13H15Br2NO5. The summed E-state index contributed by atoms with van der Waals surface area (Å²) in [5.74, 6) is 0.0424. The van der Waals surface area contributed by atoms with Gasteiger partial charge in [0.05, 0.1) is 26.9 Å². The number of benzene rings is 1.